The molecule has 27 heavy (non-hydrogen) atoms. The Morgan fingerprint density at radius 1 is 0.926 bits per heavy atom. The highest BCUT2D eigenvalue weighted by atomic mass is 35.5. The summed E-state index contributed by atoms with van der Waals surface area (Å²) in [5.41, 5.74) is -0.927. The molecule has 1 atom stereocenters. The third kappa shape index (κ3) is 4.17. The first-order valence-corrected chi connectivity index (χ1v) is 8.69. The lowest BCUT2D eigenvalue weighted by molar-refractivity contribution is -0.154. The van der Waals surface area contributed by atoms with Gasteiger partial charge in [0.1, 0.15) is 0 Å². The smallest absolute Gasteiger partial charge is 0.415 e. The van der Waals surface area contributed by atoms with Crippen LogP contribution in [0.4, 0.5) is 23.7 Å². The molecule has 2 rings (SSSR count). The number of benzene rings is 2. The standard InChI is InChI=1S/C19H18Cl2F3NO2/c1-17(2,3)25(16(26)27)15-10-6-13(7-11-15)18(21,19(22,23)24)12-4-8-14(20)9-5-12/h4-11H,1-3H3,(H,26,27). The average Bonchev–Trinajstić information content (AvgIpc) is 2.52. The van der Waals surface area contributed by atoms with Gasteiger partial charge in [-0.3, -0.25) is 4.90 Å². The first kappa shape index (κ1) is 21.4. The number of hydrogen-bond donors (Lipinski definition) is 1. The molecule has 146 valence electrons. The molecule has 0 spiro atoms. The van der Waals surface area contributed by atoms with Crippen LogP contribution in [0, 0.1) is 0 Å². The summed E-state index contributed by atoms with van der Waals surface area (Å²) >= 11 is 11.9. The molecule has 0 aromatic heterocycles. The highest BCUT2D eigenvalue weighted by molar-refractivity contribution is 6.30. The number of alkyl halides is 4. The Morgan fingerprint density at radius 2 is 1.33 bits per heavy atom. The van der Waals surface area contributed by atoms with Gasteiger partial charge in [-0.2, -0.15) is 13.2 Å². The number of carbonyl (C=O) groups is 1. The van der Waals surface area contributed by atoms with Crippen LogP contribution in [0.5, 0.6) is 0 Å². The van der Waals surface area contributed by atoms with Crippen molar-refractivity contribution >= 4 is 35.0 Å². The minimum atomic E-state index is -4.79. The number of halogens is 5. The topological polar surface area (TPSA) is 40.5 Å². The summed E-state index contributed by atoms with van der Waals surface area (Å²) in [5, 5.41) is 9.72. The summed E-state index contributed by atoms with van der Waals surface area (Å²) in [7, 11) is 0. The van der Waals surface area contributed by atoms with Crippen LogP contribution in [-0.2, 0) is 4.87 Å². The summed E-state index contributed by atoms with van der Waals surface area (Å²) in [6, 6.07) is 10.1. The molecule has 3 nitrogen and oxygen atoms in total. The Morgan fingerprint density at radius 3 is 1.67 bits per heavy atom. The van der Waals surface area contributed by atoms with Crippen molar-refractivity contribution < 1.29 is 23.1 Å². The molecular formula is C19H18Cl2F3NO2. The molecule has 1 unspecified atom stereocenters. The minimum Gasteiger partial charge on any atom is -0.465 e. The Hall–Kier alpha value is -1.92. The second-order valence-corrected chi connectivity index (χ2v) is 8.00. The van der Waals surface area contributed by atoms with Gasteiger partial charge >= 0.3 is 12.3 Å². The van der Waals surface area contributed by atoms with Crippen molar-refractivity contribution in [2.45, 2.75) is 37.4 Å². The second kappa shape index (κ2) is 7.24. The summed E-state index contributed by atoms with van der Waals surface area (Å²) in [6.45, 7) is 5.05. The van der Waals surface area contributed by atoms with E-state index in [1.165, 1.54) is 48.5 Å². The largest absolute Gasteiger partial charge is 0.465 e. The van der Waals surface area contributed by atoms with Crippen LogP contribution in [0.25, 0.3) is 0 Å². The number of amides is 1. The van der Waals surface area contributed by atoms with E-state index in [0.29, 0.717) is 0 Å². The molecule has 2 aromatic carbocycles. The Labute approximate surface area is 165 Å². The fraction of sp³-hybridized carbons (Fsp3) is 0.316. The monoisotopic (exact) mass is 419 g/mol. The summed E-state index contributed by atoms with van der Waals surface area (Å²) in [6.07, 6.45) is -6.00. The molecule has 0 aliphatic rings. The number of nitrogens with zero attached hydrogens (tertiary/aromatic N) is 1. The molecule has 0 fully saturated rings. The Balaban J connectivity index is 2.56. The van der Waals surface area contributed by atoms with Crippen molar-refractivity contribution in [1.82, 2.24) is 0 Å². The van der Waals surface area contributed by atoms with Crippen molar-refractivity contribution in [2.24, 2.45) is 0 Å². The van der Waals surface area contributed by atoms with Crippen molar-refractivity contribution in [2.75, 3.05) is 4.90 Å². The quantitative estimate of drug-likeness (QED) is 0.564. The lowest BCUT2D eigenvalue weighted by Gasteiger charge is -2.34. The van der Waals surface area contributed by atoms with Crippen molar-refractivity contribution in [1.29, 1.82) is 0 Å². The van der Waals surface area contributed by atoms with Crippen LogP contribution < -0.4 is 4.90 Å². The maximum Gasteiger partial charge on any atom is 0.415 e. The molecule has 0 saturated carbocycles. The molecule has 0 heterocycles. The summed E-state index contributed by atoms with van der Waals surface area (Å²) < 4.78 is 41.7. The van der Waals surface area contributed by atoms with Gasteiger partial charge in [0.25, 0.3) is 0 Å². The molecule has 0 aliphatic carbocycles. The lowest BCUT2D eigenvalue weighted by Crippen LogP contribution is -2.45. The van der Waals surface area contributed by atoms with Crippen LogP contribution in [0.3, 0.4) is 0 Å². The highest BCUT2D eigenvalue weighted by Crippen LogP contribution is 2.50. The minimum absolute atomic E-state index is 0.181. The van der Waals surface area contributed by atoms with E-state index in [2.05, 4.69) is 0 Å². The molecule has 1 N–H and O–H groups in total. The zero-order chi connectivity index (χ0) is 20.6. The molecule has 0 saturated heterocycles. The van der Waals surface area contributed by atoms with Gasteiger partial charge in [-0.1, -0.05) is 47.5 Å². The van der Waals surface area contributed by atoms with Crippen LogP contribution in [0.2, 0.25) is 5.02 Å². The molecule has 2 aromatic rings. The van der Waals surface area contributed by atoms with Crippen LogP contribution in [0.1, 0.15) is 31.9 Å². The molecular weight excluding hydrogens is 402 g/mol. The van der Waals surface area contributed by atoms with Gasteiger partial charge in [0.05, 0.1) is 0 Å². The molecule has 1 amide bonds. The fourth-order valence-corrected chi connectivity index (χ4v) is 3.18. The van der Waals surface area contributed by atoms with Gasteiger partial charge in [-0.25, -0.2) is 4.79 Å². The predicted octanol–water partition coefficient (Wildman–Crippen LogP) is 6.67. The van der Waals surface area contributed by atoms with Crippen molar-refractivity contribution in [3.8, 4) is 0 Å². The average molecular weight is 420 g/mol. The first-order chi connectivity index (χ1) is 12.3. The number of carboxylic acid groups (broad SMARTS) is 1. The van der Waals surface area contributed by atoms with E-state index in [1.807, 2.05) is 0 Å². The van der Waals surface area contributed by atoms with Crippen molar-refractivity contribution in [3.63, 3.8) is 0 Å². The van der Waals surface area contributed by atoms with Gasteiger partial charge in [0, 0.05) is 16.2 Å². The van der Waals surface area contributed by atoms with Crippen molar-refractivity contribution in [3.05, 3.63) is 64.7 Å². The fourth-order valence-electron chi connectivity index (χ4n) is 2.80. The maximum atomic E-state index is 13.9. The lowest BCUT2D eigenvalue weighted by atomic mass is 9.89. The normalized spacial score (nSPS) is 14.5. The second-order valence-electron chi connectivity index (χ2n) is 7.00. The van der Waals surface area contributed by atoms with Gasteiger partial charge in [0.2, 0.25) is 0 Å². The zero-order valence-corrected chi connectivity index (χ0v) is 16.3. The third-order valence-electron chi connectivity index (χ3n) is 4.02. The zero-order valence-electron chi connectivity index (χ0n) is 14.8. The molecule has 0 radical (unpaired) electrons. The van der Waals surface area contributed by atoms with E-state index < -0.39 is 22.7 Å². The summed E-state index contributed by atoms with van der Waals surface area (Å²) in [4.78, 5) is 9.83. The highest BCUT2D eigenvalue weighted by Gasteiger charge is 2.56. The van der Waals surface area contributed by atoms with E-state index in [9.17, 15) is 23.1 Å². The Bertz CT molecular complexity index is 815. The van der Waals surface area contributed by atoms with Crippen LogP contribution >= 0.6 is 23.2 Å². The summed E-state index contributed by atoms with van der Waals surface area (Å²) in [5.74, 6) is 0. The Kier molecular flexibility index (Phi) is 5.74. The molecule has 8 heteroatoms. The first-order valence-electron chi connectivity index (χ1n) is 7.94. The van der Waals surface area contributed by atoms with Gasteiger partial charge < -0.3 is 5.11 Å². The van der Waals surface area contributed by atoms with Crippen LogP contribution in [-0.4, -0.2) is 22.9 Å². The van der Waals surface area contributed by atoms with E-state index in [4.69, 9.17) is 23.2 Å². The molecule has 0 bridgehead atoms. The number of anilines is 1. The van der Waals surface area contributed by atoms with E-state index in [1.54, 1.807) is 20.8 Å². The maximum absolute atomic E-state index is 13.9. The van der Waals surface area contributed by atoms with Gasteiger partial charge in [0.15, 0.2) is 4.87 Å². The van der Waals surface area contributed by atoms with Crippen LogP contribution in [0.15, 0.2) is 48.5 Å². The van der Waals surface area contributed by atoms with Gasteiger partial charge in [-0.15, -0.1) is 0 Å². The van der Waals surface area contributed by atoms with E-state index in [0.717, 1.165) is 4.90 Å². The third-order valence-corrected chi connectivity index (χ3v) is 4.92. The number of hydrogen-bond acceptors (Lipinski definition) is 1. The molecule has 0 aliphatic heterocycles. The number of rotatable bonds is 3. The van der Waals surface area contributed by atoms with E-state index in [-0.39, 0.29) is 21.8 Å². The van der Waals surface area contributed by atoms with Gasteiger partial charge in [-0.05, 0) is 56.2 Å². The SMILES string of the molecule is CC(C)(C)N(C(=O)O)c1ccc(C(Cl)(c2ccc(Cl)cc2)C(F)(F)F)cc1. The predicted molar refractivity (Wildman–Crippen MR) is 101 cm³/mol. The van der Waals surface area contributed by atoms with E-state index >= 15 is 0 Å².